The van der Waals surface area contributed by atoms with Crippen LogP contribution >= 0.6 is 11.8 Å². The summed E-state index contributed by atoms with van der Waals surface area (Å²) in [7, 11) is 5.00. The van der Waals surface area contributed by atoms with Crippen LogP contribution < -0.4 is 15.2 Å². The van der Waals surface area contributed by atoms with Gasteiger partial charge in [0, 0.05) is 31.7 Å². The second-order valence-corrected chi connectivity index (χ2v) is 6.80. The van der Waals surface area contributed by atoms with Gasteiger partial charge in [-0.15, -0.1) is 11.8 Å². The van der Waals surface area contributed by atoms with E-state index in [1.807, 2.05) is 18.4 Å². The summed E-state index contributed by atoms with van der Waals surface area (Å²) in [6.45, 7) is 1.53. The molecule has 1 saturated heterocycles. The zero-order chi connectivity index (χ0) is 17.7. The first-order chi connectivity index (χ1) is 11.4. The molecular formula is C17H26N2O4S. The Morgan fingerprint density at radius 1 is 1.29 bits per heavy atom. The lowest BCUT2D eigenvalue weighted by atomic mass is 9.89. The average Bonchev–Trinajstić information content (AvgIpc) is 2.61. The molecule has 1 heterocycles. The number of nitrogens with two attached hydrogens (primary N) is 1. The lowest BCUT2D eigenvalue weighted by Gasteiger charge is -2.35. The summed E-state index contributed by atoms with van der Waals surface area (Å²) in [6.07, 6.45) is 3.10. The lowest BCUT2D eigenvalue weighted by Crippen LogP contribution is -2.57. The van der Waals surface area contributed by atoms with Crippen molar-refractivity contribution in [3.8, 4) is 11.5 Å². The number of carbonyl (C=O) groups excluding carboxylic acids is 1. The standard InChI is InChI=1S/C17H26N2O4S/c1-19(16(20)17(18)5-7-23-8-6-17)11-12-9-13(21-2)14(22-3)10-15(12)24-4/h9-10H,5-8,11,18H2,1-4H3. The highest BCUT2D eigenvalue weighted by Crippen LogP contribution is 2.35. The zero-order valence-electron chi connectivity index (χ0n) is 14.8. The molecule has 0 atom stereocenters. The summed E-state index contributed by atoms with van der Waals surface area (Å²) in [5.74, 6) is 1.28. The van der Waals surface area contributed by atoms with E-state index in [9.17, 15) is 4.79 Å². The quantitative estimate of drug-likeness (QED) is 0.787. The van der Waals surface area contributed by atoms with Gasteiger partial charge in [-0.05, 0) is 36.8 Å². The van der Waals surface area contributed by atoms with E-state index in [0.717, 1.165) is 10.5 Å². The predicted molar refractivity (Wildman–Crippen MR) is 94.8 cm³/mol. The van der Waals surface area contributed by atoms with Gasteiger partial charge < -0.3 is 24.8 Å². The number of amides is 1. The molecule has 0 radical (unpaired) electrons. The Bertz CT molecular complexity index is 588. The van der Waals surface area contributed by atoms with E-state index < -0.39 is 5.54 Å². The fourth-order valence-corrected chi connectivity index (χ4v) is 3.48. The van der Waals surface area contributed by atoms with Crippen molar-refractivity contribution in [3.63, 3.8) is 0 Å². The Kier molecular flexibility index (Phi) is 6.37. The summed E-state index contributed by atoms with van der Waals surface area (Å²) >= 11 is 1.61. The Labute approximate surface area is 147 Å². The minimum atomic E-state index is -0.830. The molecule has 6 nitrogen and oxygen atoms in total. The summed E-state index contributed by atoms with van der Waals surface area (Å²) in [4.78, 5) is 15.5. The maximum Gasteiger partial charge on any atom is 0.242 e. The molecule has 0 spiro atoms. The van der Waals surface area contributed by atoms with Crippen molar-refractivity contribution in [2.24, 2.45) is 5.73 Å². The minimum absolute atomic E-state index is 0.0485. The number of thioether (sulfide) groups is 1. The van der Waals surface area contributed by atoms with Gasteiger partial charge in [0.05, 0.1) is 19.8 Å². The second kappa shape index (κ2) is 8.09. The van der Waals surface area contributed by atoms with Gasteiger partial charge in [-0.25, -0.2) is 0 Å². The van der Waals surface area contributed by atoms with E-state index >= 15 is 0 Å². The number of hydrogen-bond acceptors (Lipinski definition) is 6. The molecule has 2 N–H and O–H groups in total. The van der Waals surface area contributed by atoms with Crippen LogP contribution in [-0.2, 0) is 16.1 Å². The van der Waals surface area contributed by atoms with Gasteiger partial charge in [0.15, 0.2) is 11.5 Å². The smallest absolute Gasteiger partial charge is 0.242 e. The summed E-state index contributed by atoms with van der Waals surface area (Å²) in [6, 6.07) is 3.85. The van der Waals surface area contributed by atoms with E-state index in [2.05, 4.69) is 0 Å². The van der Waals surface area contributed by atoms with Crippen LogP contribution in [0.3, 0.4) is 0 Å². The van der Waals surface area contributed by atoms with Crippen molar-refractivity contribution in [1.29, 1.82) is 0 Å². The molecule has 2 rings (SSSR count). The number of nitrogens with zero attached hydrogens (tertiary/aromatic N) is 1. The third kappa shape index (κ3) is 3.96. The lowest BCUT2D eigenvalue weighted by molar-refractivity contribution is -0.139. The van der Waals surface area contributed by atoms with Crippen LogP contribution in [0.2, 0.25) is 0 Å². The Morgan fingerprint density at radius 3 is 2.42 bits per heavy atom. The van der Waals surface area contributed by atoms with Crippen LogP contribution in [0.5, 0.6) is 11.5 Å². The van der Waals surface area contributed by atoms with E-state index in [4.69, 9.17) is 19.9 Å². The highest BCUT2D eigenvalue weighted by atomic mass is 32.2. The monoisotopic (exact) mass is 354 g/mol. The first-order valence-corrected chi connectivity index (χ1v) is 9.08. The third-order valence-corrected chi connectivity index (χ3v) is 5.17. The summed E-state index contributed by atoms with van der Waals surface area (Å²) in [5, 5.41) is 0. The summed E-state index contributed by atoms with van der Waals surface area (Å²) < 4.78 is 16.0. The van der Waals surface area contributed by atoms with Crippen molar-refractivity contribution >= 4 is 17.7 Å². The van der Waals surface area contributed by atoms with E-state index in [0.29, 0.717) is 44.1 Å². The van der Waals surface area contributed by atoms with Crippen LogP contribution in [-0.4, -0.2) is 57.1 Å². The average molecular weight is 354 g/mol. The van der Waals surface area contributed by atoms with E-state index in [-0.39, 0.29) is 5.91 Å². The molecule has 24 heavy (non-hydrogen) atoms. The molecular weight excluding hydrogens is 328 g/mol. The van der Waals surface area contributed by atoms with Gasteiger partial charge in [0.1, 0.15) is 0 Å². The summed E-state index contributed by atoms with van der Waals surface area (Å²) in [5.41, 5.74) is 6.48. The topological polar surface area (TPSA) is 74.0 Å². The molecule has 1 aliphatic rings. The molecule has 1 fully saturated rings. The predicted octanol–water partition coefficient (Wildman–Crippen LogP) is 1.89. The van der Waals surface area contributed by atoms with Crippen molar-refractivity contribution in [2.45, 2.75) is 29.8 Å². The molecule has 1 aromatic rings. The molecule has 7 heteroatoms. The Morgan fingerprint density at radius 2 is 1.88 bits per heavy atom. The van der Waals surface area contributed by atoms with Crippen LogP contribution in [0.4, 0.5) is 0 Å². The second-order valence-electron chi connectivity index (χ2n) is 5.95. The van der Waals surface area contributed by atoms with Gasteiger partial charge in [-0.3, -0.25) is 4.79 Å². The number of likely N-dealkylation sites (N-methyl/N-ethyl adjacent to an activating group) is 1. The van der Waals surface area contributed by atoms with Gasteiger partial charge in [-0.2, -0.15) is 0 Å². The van der Waals surface area contributed by atoms with E-state index in [1.54, 1.807) is 37.9 Å². The molecule has 0 bridgehead atoms. The number of benzene rings is 1. The molecule has 1 amide bonds. The Hall–Kier alpha value is -1.44. The first kappa shape index (κ1) is 18.9. The molecule has 0 aromatic heterocycles. The Balaban J connectivity index is 2.21. The fraction of sp³-hybridized carbons (Fsp3) is 0.588. The molecule has 1 aliphatic heterocycles. The number of ether oxygens (including phenoxy) is 3. The third-order valence-electron chi connectivity index (χ3n) is 4.35. The van der Waals surface area contributed by atoms with Crippen molar-refractivity contribution in [2.75, 3.05) is 40.7 Å². The minimum Gasteiger partial charge on any atom is -0.493 e. The number of rotatable bonds is 6. The molecule has 0 unspecified atom stereocenters. The van der Waals surface area contributed by atoms with Crippen LogP contribution in [0.1, 0.15) is 18.4 Å². The highest BCUT2D eigenvalue weighted by Gasteiger charge is 2.38. The maximum absolute atomic E-state index is 12.8. The molecule has 0 aliphatic carbocycles. The van der Waals surface area contributed by atoms with Crippen molar-refractivity contribution in [3.05, 3.63) is 17.7 Å². The van der Waals surface area contributed by atoms with Crippen LogP contribution in [0, 0.1) is 0 Å². The van der Waals surface area contributed by atoms with Crippen molar-refractivity contribution < 1.29 is 19.0 Å². The van der Waals surface area contributed by atoms with Crippen LogP contribution in [0.25, 0.3) is 0 Å². The van der Waals surface area contributed by atoms with Gasteiger partial charge in [0.2, 0.25) is 5.91 Å². The van der Waals surface area contributed by atoms with Crippen molar-refractivity contribution in [1.82, 2.24) is 4.90 Å². The van der Waals surface area contributed by atoms with Crippen LogP contribution in [0.15, 0.2) is 17.0 Å². The highest BCUT2D eigenvalue weighted by molar-refractivity contribution is 7.98. The zero-order valence-corrected chi connectivity index (χ0v) is 15.6. The number of hydrogen-bond donors (Lipinski definition) is 1. The largest absolute Gasteiger partial charge is 0.493 e. The number of carbonyl (C=O) groups is 1. The van der Waals surface area contributed by atoms with Gasteiger partial charge in [-0.1, -0.05) is 0 Å². The maximum atomic E-state index is 12.8. The molecule has 134 valence electrons. The normalized spacial score (nSPS) is 16.5. The van der Waals surface area contributed by atoms with E-state index in [1.165, 1.54) is 0 Å². The number of methoxy groups -OCH3 is 2. The first-order valence-electron chi connectivity index (χ1n) is 7.86. The van der Waals surface area contributed by atoms with Gasteiger partial charge >= 0.3 is 0 Å². The molecule has 1 aromatic carbocycles. The fourth-order valence-electron chi connectivity index (χ4n) is 2.87. The SMILES string of the molecule is COc1cc(CN(C)C(=O)C2(N)CCOCC2)c(SC)cc1OC. The van der Waals surface area contributed by atoms with Gasteiger partial charge in [0.25, 0.3) is 0 Å². The molecule has 0 saturated carbocycles.